The van der Waals surface area contributed by atoms with Crippen molar-refractivity contribution in [3.8, 4) is 0 Å². The van der Waals surface area contributed by atoms with Gasteiger partial charge in [-0.2, -0.15) is 0 Å². The fourth-order valence-electron chi connectivity index (χ4n) is 7.78. The molecule has 2 N–H and O–H groups in total. The maximum Gasteiger partial charge on any atom is 0.316 e. The molecule has 1 spiro atoms. The topological polar surface area (TPSA) is 104 Å². The van der Waals surface area contributed by atoms with Gasteiger partial charge in [-0.15, -0.1) is 0 Å². The van der Waals surface area contributed by atoms with Gasteiger partial charge in [-0.25, -0.2) is 0 Å². The molecule has 0 radical (unpaired) electrons. The predicted octanol–water partition coefficient (Wildman–Crippen LogP) is 5.31. The highest BCUT2D eigenvalue weighted by Crippen LogP contribution is 2.50. The molecule has 8 nitrogen and oxygen atoms in total. The van der Waals surface area contributed by atoms with Crippen LogP contribution in [0.2, 0.25) is 0 Å². The van der Waals surface area contributed by atoms with Crippen LogP contribution in [-0.2, 0) is 28.5 Å². The number of hydrogen-bond acceptors (Lipinski definition) is 8. The van der Waals surface area contributed by atoms with E-state index in [4.69, 9.17) is 23.7 Å². The van der Waals surface area contributed by atoms with Crippen LogP contribution in [0.4, 0.5) is 0 Å². The molecule has 4 heterocycles. The second-order valence-electron chi connectivity index (χ2n) is 13.5. The van der Waals surface area contributed by atoms with Crippen LogP contribution >= 0.6 is 0 Å². The molecule has 0 aromatic rings. The van der Waals surface area contributed by atoms with Gasteiger partial charge in [0, 0.05) is 32.3 Å². The summed E-state index contributed by atoms with van der Waals surface area (Å²) in [7, 11) is 1.61. The van der Waals surface area contributed by atoms with Gasteiger partial charge in [-0.3, -0.25) is 4.79 Å². The molecular weight excluding hydrogens is 548 g/mol. The number of hydrogen-bond donors (Lipinski definition) is 2. The first kappa shape index (κ1) is 32.2. The van der Waals surface area contributed by atoms with E-state index in [2.05, 4.69) is 26.0 Å². The van der Waals surface area contributed by atoms with Crippen molar-refractivity contribution in [2.75, 3.05) is 13.7 Å². The zero-order chi connectivity index (χ0) is 31.1. The minimum absolute atomic E-state index is 0.100. The first-order valence-corrected chi connectivity index (χ1v) is 15.9. The third-order valence-corrected chi connectivity index (χ3v) is 10.2. The van der Waals surface area contributed by atoms with Crippen molar-refractivity contribution >= 4 is 5.97 Å². The molecule has 3 saturated heterocycles. The number of allylic oxidation sites excluding steroid dienone is 5. The molecular formula is C35H50O8. The normalized spacial score (nSPS) is 47.3. The Balaban J connectivity index is 1.54. The Kier molecular flexibility index (Phi) is 9.46. The number of carbonyl (C=O) groups excluding carboxylic acids is 1. The molecule has 0 aromatic carbocycles. The van der Waals surface area contributed by atoms with E-state index in [1.807, 2.05) is 39.8 Å². The highest BCUT2D eigenvalue weighted by molar-refractivity contribution is 5.78. The van der Waals surface area contributed by atoms with Crippen LogP contribution in [0.5, 0.6) is 0 Å². The molecule has 4 aliphatic heterocycles. The third-order valence-electron chi connectivity index (χ3n) is 10.2. The molecule has 11 atom stereocenters. The average molecular weight is 599 g/mol. The number of aliphatic hydroxyl groups excluding tert-OH is 1. The highest BCUT2D eigenvalue weighted by atomic mass is 16.7. The van der Waals surface area contributed by atoms with E-state index >= 15 is 0 Å². The first-order chi connectivity index (χ1) is 20.4. The van der Waals surface area contributed by atoms with Crippen molar-refractivity contribution in [2.24, 2.45) is 23.7 Å². The standard InChI is InChI=1S/C35H50O8/c1-8-22(4)31-24(6)29(36)18-34(43-31)17-26-16-25(42-34)13-12-21(3)14-20(2)10-9-11-30-35(38)27(33(37)41-26)15-23(5)32(39-7)28(35)19-40-30/h8-12,15,20,24-29,31-32,36,38H,13-14,16-19H2,1-7H3/b10-9+,21-12+,22-8+,30-11-/t20-,24-,25+,26+,27-,28+,29-,31+,32+,34-,35+/m0/s1. The summed E-state index contributed by atoms with van der Waals surface area (Å²) >= 11 is 0. The molecule has 5 rings (SSSR count). The SMILES string of the molecule is C/C=C(\C)[C@H]1O[C@@]2(C[C@H]3C[C@@H](C/C=C(\C)C[C@@H](C)/C=C/C=C4\OC[C@@H]5[C@H](OC)C(C)=C[C@@H](C(=O)O3)[C@]45O)O2)C[C@H](O)[C@@H]1C. The van der Waals surface area contributed by atoms with E-state index in [1.54, 1.807) is 19.3 Å². The van der Waals surface area contributed by atoms with Crippen molar-refractivity contribution < 1.29 is 38.7 Å². The maximum atomic E-state index is 14.1. The number of methoxy groups -OCH3 is 1. The second kappa shape index (κ2) is 12.6. The van der Waals surface area contributed by atoms with Gasteiger partial charge in [0.2, 0.25) is 0 Å². The summed E-state index contributed by atoms with van der Waals surface area (Å²) in [5.41, 5.74) is 1.52. The summed E-state index contributed by atoms with van der Waals surface area (Å²) in [6.45, 7) is 12.4. The van der Waals surface area contributed by atoms with E-state index in [1.165, 1.54) is 5.57 Å². The first-order valence-electron chi connectivity index (χ1n) is 15.9. The Bertz CT molecular complexity index is 1210. The van der Waals surface area contributed by atoms with E-state index < -0.39 is 41.4 Å². The number of aliphatic hydroxyl groups is 2. The summed E-state index contributed by atoms with van der Waals surface area (Å²) in [5, 5.41) is 23.5. The van der Waals surface area contributed by atoms with Gasteiger partial charge in [-0.05, 0) is 63.7 Å². The number of fused-ring (bicyclic) bond motifs is 2. The van der Waals surface area contributed by atoms with Gasteiger partial charge >= 0.3 is 5.97 Å². The average Bonchev–Trinajstić information content (AvgIpc) is 3.29. The molecule has 5 aliphatic rings. The Labute approximate surface area is 256 Å². The van der Waals surface area contributed by atoms with Gasteiger partial charge in [0.05, 0.1) is 36.9 Å². The second-order valence-corrected chi connectivity index (χ2v) is 13.5. The summed E-state index contributed by atoms with van der Waals surface area (Å²) in [5.74, 6) is -2.53. The molecule has 0 amide bonds. The third kappa shape index (κ3) is 6.19. The molecule has 238 valence electrons. The summed E-state index contributed by atoms with van der Waals surface area (Å²) < 4.78 is 31.5. The largest absolute Gasteiger partial charge is 0.494 e. The lowest BCUT2D eigenvalue weighted by molar-refractivity contribution is -0.342. The molecule has 2 bridgehead atoms. The van der Waals surface area contributed by atoms with Crippen LogP contribution in [0.3, 0.4) is 0 Å². The van der Waals surface area contributed by atoms with Crippen LogP contribution in [0.1, 0.15) is 73.6 Å². The smallest absolute Gasteiger partial charge is 0.316 e. The van der Waals surface area contributed by atoms with Crippen LogP contribution in [0.25, 0.3) is 0 Å². The zero-order valence-electron chi connectivity index (χ0n) is 26.7. The minimum atomic E-state index is -1.61. The number of ether oxygens (including phenoxy) is 5. The van der Waals surface area contributed by atoms with Gasteiger partial charge in [0.1, 0.15) is 23.4 Å². The van der Waals surface area contributed by atoms with Crippen molar-refractivity contribution in [1.29, 1.82) is 0 Å². The molecule has 0 unspecified atom stereocenters. The summed E-state index contributed by atoms with van der Waals surface area (Å²) in [6.07, 6.45) is 12.2. The summed E-state index contributed by atoms with van der Waals surface area (Å²) in [4.78, 5) is 14.1. The lowest BCUT2D eigenvalue weighted by atomic mass is 9.68. The molecule has 3 fully saturated rings. The predicted molar refractivity (Wildman–Crippen MR) is 163 cm³/mol. The number of rotatable bonds is 2. The fraction of sp³-hybridized carbons (Fsp3) is 0.686. The van der Waals surface area contributed by atoms with Crippen LogP contribution in [0, 0.1) is 23.7 Å². The molecule has 1 aliphatic carbocycles. The maximum absolute atomic E-state index is 14.1. The van der Waals surface area contributed by atoms with Crippen LogP contribution in [-0.4, -0.2) is 71.8 Å². The van der Waals surface area contributed by atoms with Gasteiger partial charge in [0.15, 0.2) is 5.79 Å². The Morgan fingerprint density at radius 1 is 1.16 bits per heavy atom. The number of carbonyl (C=O) groups is 1. The molecule has 0 aromatic heterocycles. The lowest BCUT2D eigenvalue weighted by Crippen LogP contribution is -2.59. The Hall–Kier alpha value is -2.23. The van der Waals surface area contributed by atoms with Crippen molar-refractivity contribution in [2.45, 2.75) is 116 Å². The van der Waals surface area contributed by atoms with Crippen LogP contribution < -0.4 is 0 Å². The van der Waals surface area contributed by atoms with Gasteiger partial charge in [-0.1, -0.05) is 49.8 Å². The van der Waals surface area contributed by atoms with E-state index in [0.29, 0.717) is 31.4 Å². The van der Waals surface area contributed by atoms with Gasteiger partial charge < -0.3 is 33.9 Å². The number of esters is 1. The molecule has 43 heavy (non-hydrogen) atoms. The monoisotopic (exact) mass is 598 g/mol. The van der Waals surface area contributed by atoms with E-state index in [9.17, 15) is 15.0 Å². The van der Waals surface area contributed by atoms with Crippen molar-refractivity contribution in [3.63, 3.8) is 0 Å². The van der Waals surface area contributed by atoms with Crippen molar-refractivity contribution in [3.05, 3.63) is 58.9 Å². The van der Waals surface area contributed by atoms with E-state index in [-0.39, 0.29) is 36.8 Å². The molecule has 0 saturated carbocycles. The zero-order valence-corrected chi connectivity index (χ0v) is 26.7. The minimum Gasteiger partial charge on any atom is -0.494 e. The van der Waals surface area contributed by atoms with E-state index in [0.717, 1.165) is 17.6 Å². The quantitative estimate of drug-likeness (QED) is 0.326. The highest BCUT2D eigenvalue weighted by Gasteiger charge is 2.61. The summed E-state index contributed by atoms with van der Waals surface area (Å²) in [6, 6.07) is 0. The fourth-order valence-corrected chi connectivity index (χ4v) is 7.78. The van der Waals surface area contributed by atoms with Crippen LogP contribution in [0.15, 0.2) is 58.9 Å². The molecule has 8 heteroatoms. The van der Waals surface area contributed by atoms with Crippen molar-refractivity contribution in [1.82, 2.24) is 0 Å². The Morgan fingerprint density at radius 2 is 1.93 bits per heavy atom. The van der Waals surface area contributed by atoms with Gasteiger partial charge in [0.25, 0.3) is 0 Å². The lowest BCUT2D eigenvalue weighted by Gasteiger charge is -2.51. The Morgan fingerprint density at radius 3 is 2.65 bits per heavy atom.